The Kier molecular flexibility index (Phi) is 4.66. The Balaban J connectivity index is 2.23. The number of aromatic carboxylic acids is 1. The first kappa shape index (κ1) is 14.7. The molecule has 1 heterocycles. The number of nitrogens with one attached hydrogen (secondary N) is 1. The van der Waals surface area contributed by atoms with Crippen molar-refractivity contribution >= 4 is 17.6 Å². The smallest absolute Gasteiger partial charge is 0.337 e. The fraction of sp³-hybridized carbons (Fsp3) is 0.188. The summed E-state index contributed by atoms with van der Waals surface area (Å²) in [6.45, 7) is 1.92. The van der Waals surface area contributed by atoms with Crippen LogP contribution in [0.4, 0.5) is 5.69 Å². The number of anilines is 1. The summed E-state index contributed by atoms with van der Waals surface area (Å²) in [5, 5.41) is 11.8. The van der Waals surface area contributed by atoms with Crippen molar-refractivity contribution in [2.75, 3.05) is 5.32 Å². The number of hydrogen-bond acceptors (Lipinski definition) is 3. The van der Waals surface area contributed by atoms with Crippen LogP contribution in [0.5, 0.6) is 0 Å². The highest BCUT2D eigenvalue weighted by molar-refractivity contribution is 6.02. The molecule has 1 aromatic carbocycles. The van der Waals surface area contributed by atoms with E-state index in [9.17, 15) is 9.59 Å². The number of nitrogens with zero attached hydrogens (tertiary/aromatic N) is 1. The molecular formula is C16H16N2O3. The SMILES string of the molecule is CCC(C(=O)Nc1cnccc1C(=O)O)c1ccccc1. The van der Waals surface area contributed by atoms with Crippen molar-refractivity contribution in [1.29, 1.82) is 0 Å². The van der Waals surface area contributed by atoms with E-state index in [1.165, 1.54) is 18.5 Å². The fourth-order valence-corrected chi connectivity index (χ4v) is 2.16. The van der Waals surface area contributed by atoms with Crippen molar-refractivity contribution in [1.82, 2.24) is 4.98 Å². The lowest BCUT2D eigenvalue weighted by Crippen LogP contribution is -2.22. The molecular weight excluding hydrogens is 268 g/mol. The lowest BCUT2D eigenvalue weighted by Gasteiger charge is -2.16. The third-order valence-corrected chi connectivity index (χ3v) is 3.24. The van der Waals surface area contributed by atoms with Gasteiger partial charge in [0.1, 0.15) is 0 Å². The summed E-state index contributed by atoms with van der Waals surface area (Å²) < 4.78 is 0. The summed E-state index contributed by atoms with van der Waals surface area (Å²) in [5.74, 6) is -1.66. The zero-order valence-corrected chi connectivity index (χ0v) is 11.6. The molecule has 108 valence electrons. The predicted molar refractivity (Wildman–Crippen MR) is 79.3 cm³/mol. The second-order valence-corrected chi connectivity index (χ2v) is 4.59. The van der Waals surface area contributed by atoms with Crippen molar-refractivity contribution in [2.45, 2.75) is 19.3 Å². The van der Waals surface area contributed by atoms with Crippen LogP contribution < -0.4 is 5.32 Å². The normalized spacial score (nSPS) is 11.7. The van der Waals surface area contributed by atoms with Gasteiger partial charge in [0.2, 0.25) is 5.91 Å². The topological polar surface area (TPSA) is 79.3 Å². The average molecular weight is 284 g/mol. The van der Waals surface area contributed by atoms with Gasteiger partial charge in [-0.3, -0.25) is 9.78 Å². The van der Waals surface area contributed by atoms with Crippen LogP contribution in [-0.2, 0) is 4.79 Å². The minimum absolute atomic E-state index is 0.0289. The van der Waals surface area contributed by atoms with Gasteiger partial charge < -0.3 is 10.4 Å². The monoisotopic (exact) mass is 284 g/mol. The van der Waals surface area contributed by atoms with Crippen molar-refractivity contribution in [3.05, 3.63) is 59.9 Å². The molecule has 1 amide bonds. The molecule has 5 nitrogen and oxygen atoms in total. The summed E-state index contributed by atoms with van der Waals surface area (Å²) in [6, 6.07) is 10.8. The quantitative estimate of drug-likeness (QED) is 0.884. The second kappa shape index (κ2) is 6.65. The number of benzene rings is 1. The zero-order valence-electron chi connectivity index (χ0n) is 11.6. The number of amides is 1. The van der Waals surface area contributed by atoms with E-state index in [4.69, 9.17) is 5.11 Å². The maximum Gasteiger partial charge on any atom is 0.337 e. The predicted octanol–water partition coefficient (Wildman–Crippen LogP) is 2.91. The highest BCUT2D eigenvalue weighted by Crippen LogP contribution is 2.22. The largest absolute Gasteiger partial charge is 0.478 e. The Morgan fingerprint density at radius 2 is 1.95 bits per heavy atom. The molecule has 1 atom stereocenters. The summed E-state index contributed by atoms with van der Waals surface area (Å²) in [5.41, 5.74) is 1.14. The van der Waals surface area contributed by atoms with Crippen LogP contribution in [0, 0.1) is 0 Å². The van der Waals surface area contributed by atoms with E-state index < -0.39 is 5.97 Å². The molecule has 2 aromatic rings. The number of rotatable bonds is 5. The van der Waals surface area contributed by atoms with Gasteiger partial charge in [-0.2, -0.15) is 0 Å². The van der Waals surface area contributed by atoms with Gasteiger partial charge in [-0.1, -0.05) is 37.3 Å². The number of carboxylic acids is 1. The van der Waals surface area contributed by atoms with E-state index in [2.05, 4.69) is 10.3 Å². The maximum atomic E-state index is 12.4. The van der Waals surface area contributed by atoms with E-state index in [0.29, 0.717) is 6.42 Å². The Hall–Kier alpha value is -2.69. The van der Waals surface area contributed by atoms with Crippen LogP contribution in [-0.4, -0.2) is 22.0 Å². The van der Waals surface area contributed by atoms with Crippen LogP contribution in [0.15, 0.2) is 48.8 Å². The third kappa shape index (κ3) is 3.45. The molecule has 0 aliphatic carbocycles. The van der Waals surface area contributed by atoms with Gasteiger partial charge in [-0.25, -0.2) is 4.79 Å². The summed E-state index contributed by atoms with van der Waals surface area (Å²) in [6.07, 6.45) is 3.35. The van der Waals surface area contributed by atoms with Crippen molar-refractivity contribution in [3.63, 3.8) is 0 Å². The number of pyridine rings is 1. The third-order valence-electron chi connectivity index (χ3n) is 3.24. The number of carboxylic acid groups (broad SMARTS) is 1. The Bertz CT molecular complexity index is 641. The van der Waals surface area contributed by atoms with Gasteiger partial charge in [0.25, 0.3) is 0 Å². The fourth-order valence-electron chi connectivity index (χ4n) is 2.16. The molecule has 2 N–H and O–H groups in total. The molecule has 21 heavy (non-hydrogen) atoms. The minimum Gasteiger partial charge on any atom is -0.478 e. The van der Waals surface area contributed by atoms with Gasteiger partial charge in [0.05, 0.1) is 23.4 Å². The number of hydrogen-bond donors (Lipinski definition) is 2. The zero-order chi connectivity index (χ0) is 15.2. The molecule has 5 heteroatoms. The van der Waals surface area contributed by atoms with Gasteiger partial charge in [-0.15, -0.1) is 0 Å². The first-order valence-corrected chi connectivity index (χ1v) is 6.66. The average Bonchev–Trinajstić information content (AvgIpc) is 2.49. The molecule has 1 unspecified atom stereocenters. The minimum atomic E-state index is -1.10. The molecule has 0 spiro atoms. The van der Waals surface area contributed by atoms with E-state index in [1.807, 2.05) is 37.3 Å². The van der Waals surface area contributed by atoms with Crippen molar-refractivity contribution < 1.29 is 14.7 Å². The van der Waals surface area contributed by atoms with Crippen molar-refractivity contribution in [2.24, 2.45) is 0 Å². The van der Waals surface area contributed by atoms with Crippen molar-refractivity contribution in [3.8, 4) is 0 Å². The summed E-state index contributed by atoms with van der Waals surface area (Å²) >= 11 is 0. The first-order valence-electron chi connectivity index (χ1n) is 6.66. The number of aromatic nitrogens is 1. The Morgan fingerprint density at radius 3 is 2.57 bits per heavy atom. The highest BCUT2D eigenvalue weighted by Gasteiger charge is 2.20. The lowest BCUT2D eigenvalue weighted by atomic mass is 9.95. The molecule has 0 aliphatic rings. The van der Waals surface area contributed by atoms with Gasteiger partial charge >= 0.3 is 5.97 Å². The summed E-state index contributed by atoms with van der Waals surface area (Å²) in [4.78, 5) is 27.4. The number of carbonyl (C=O) groups excluding carboxylic acids is 1. The Labute approximate surface area is 122 Å². The van der Waals surface area contributed by atoms with Crippen LogP contribution >= 0.6 is 0 Å². The molecule has 0 saturated carbocycles. The molecule has 0 radical (unpaired) electrons. The molecule has 1 aromatic heterocycles. The highest BCUT2D eigenvalue weighted by atomic mass is 16.4. The van der Waals surface area contributed by atoms with Gasteiger partial charge in [0, 0.05) is 6.20 Å². The van der Waals surface area contributed by atoms with E-state index in [0.717, 1.165) is 5.56 Å². The van der Waals surface area contributed by atoms with E-state index >= 15 is 0 Å². The number of carbonyl (C=O) groups is 2. The molecule has 0 bridgehead atoms. The molecule has 0 saturated heterocycles. The van der Waals surface area contributed by atoms with E-state index in [-0.39, 0.29) is 23.1 Å². The second-order valence-electron chi connectivity index (χ2n) is 4.59. The maximum absolute atomic E-state index is 12.4. The van der Waals surface area contributed by atoms with Gasteiger partial charge in [-0.05, 0) is 18.1 Å². The molecule has 0 fully saturated rings. The standard InChI is InChI=1S/C16H16N2O3/c1-2-12(11-6-4-3-5-7-11)15(19)18-14-10-17-9-8-13(14)16(20)21/h3-10,12H,2H2,1H3,(H,18,19)(H,20,21). The molecule has 0 aliphatic heterocycles. The van der Waals surface area contributed by atoms with Crippen LogP contribution in [0.25, 0.3) is 0 Å². The van der Waals surface area contributed by atoms with Gasteiger partial charge in [0.15, 0.2) is 0 Å². The van der Waals surface area contributed by atoms with E-state index in [1.54, 1.807) is 0 Å². The van der Waals surface area contributed by atoms with Crippen LogP contribution in [0.2, 0.25) is 0 Å². The van der Waals surface area contributed by atoms with Crippen LogP contribution in [0.3, 0.4) is 0 Å². The lowest BCUT2D eigenvalue weighted by molar-refractivity contribution is -0.117. The summed E-state index contributed by atoms with van der Waals surface area (Å²) in [7, 11) is 0. The first-order chi connectivity index (χ1) is 10.1. The molecule has 2 rings (SSSR count). The van der Waals surface area contributed by atoms with Crippen LogP contribution in [0.1, 0.15) is 35.2 Å². The Morgan fingerprint density at radius 1 is 1.24 bits per heavy atom.